The molecule has 3 rings (SSSR count). The number of carbonyl (C=O) groups excluding carboxylic acids is 1. The van der Waals surface area contributed by atoms with Crippen molar-refractivity contribution in [2.75, 3.05) is 18.0 Å². The van der Waals surface area contributed by atoms with Crippen molar-refractivity contribution in [3.8, 4) is 11.4 Å². The fraction of sp³-hybridized carbons (Fsp3) is 0.312. The van der Waals surface area contributed by atoms with E-state index >= 15 is 0 Å². The number of benzene rings is 1. The molecule has 0 unspecified atom stereocenters. The third kappa shape index (κ3) is 3.22. The van der Waals surface area contributed by atoms with E-state index in [1.807, 2.05) is 37.3 Å². The topological polar surface area (TPSA) is 46.1 Å². The molecule has 0 aliphatic carbocycles. The minimum atomic E-state index is 0.329. The summed E-state index contributed by atoms with van der Waals surface area (Å²) < 4.78 is 0. The van der Waals surface area contributed by atoms with Gasteiger partial charge in [-0.1, -0.05) is 11.6 Å². The quantitative estimate of drug-likeness (QED) is 0.854. The van der Waals surface area contributed by atoms with Crippen molar-refractivity contribution in [1.82, 2.24) is 9.97 Å². The van der Waals surface area contributed by atoms with Crippen LogP contribution in [0.25, 0.3) is 11.4 Å². The first-order valence-corrected chi connectivity index (χ1v) is 7.38. The van der Waals surface area contributed by atoms with Crippen LogP contribution in [0.1, 0.15) is 18.5 Å². The molecule has 21 heavy (non-hydrogen) atoms. The van der Waals surface area contributed by atoms with Gasteiger partial charge >= 0.3 is 0 Å². The Hall–Kier alpha value is -1.94. The fourth-order valence-corrected chi connectivity index (χ4v) is 2.55. The third-order valence-electron chi connectivity index (χ3n) is 3.59. The molecule has 1 aliphatic heterocycles. The highest BCUT2D eigenvalue weighted by Crippen LogP contribution is 2.23. The van der Waals surface area contributed by atoms with Crippen LogP contribution >= 0.6 is 11.6 Å². The molecule has 0 radical (unpaired) electrons. The number of hydrogen-bond acceptors (Lipinski definition) is 4. The predicted octanol–water partition coefficient (Wildman–Crippen LogP) is 3.27. The second-order valence-electron chi connectivity index (χ2n) is 5.22. The van der Waals surface area contributed by atoms with Gasteiger partial charge in [0.25, 0.3) is 0 Å². The fourth-order valence-electron chi connectivity index (χ4n) is 2.43. The lowest BCUT2D eigenvalue weighted by Gasteiger charge is -2.27. The molecule has 1 aromatic heterocycles. The smallest absolute Gasteiger partial charge is 0.161 e. The molecule has 0 spiro atoms. The monoisotopic (exact) mass is 301 g/mol. The average Bonchev–Trinajstić information content (AvgIpc) is 2.48. The summed E-state index contributed by atoms with van der Waals surface area (Å²) in [4.78, 5) is 22.6. The van der Waals surface area contributed by atoms with E-state index in [4.69, 9.17) is 11.6 Å². The maximum absolute atomic E-state index is 11.4. The Morgan fingerprint density at radius 2 is 1.76 bits per heavy atom. The maximum atomic E-state index is 11.4. The summed E-state index contributed by atoms with van der Waals surface area (Å²) in [6, 6.07) is 9.47. The van der Waals surface area contributed by atoms with Gasteiger partial charge in [0.15, 0.2) is 5.82 Å². The number of aryl methyl sites for hydroxylation is 1. The zero-order valence-electron chi connectivity index (χ0n) is 11.8. The van der Waals surface area contributed by atoms with E-state index in [0.29, 0.717) is 29.5 Å². The van der Waals surface area contributed by atoms with E-state index in [2.05, 4.69) is 14.9 Å². The van der Waals surface area contributed by atoms with Gasteiger partial charge in [-0.3, -0.25) is 4.79 Å². The van der Waals surface area contributed by atoms with Crippen LogP contribution in [-0.4, -0.2) is 28.8 Å². The average molecular weight is 302 g/mol. The Morgan fingerprint density at radius 3 is 2.43 bits per heavy atom. The van der Waals surface area contributed by atoms with Crippen LogP contribution in [0.5, 0.6) is 0 Å². The summed E-state index contributed by atoms with van der Waals surface area (Å²) in [5, 5.41) is 0.696. The minimum Gasteiger partial charge on any atom is -0.356 e. The molecule has 0 bridgehead atoms. The molecule has 0 amide bonds. The summed E-state index contributed by atoms with van der Waals surface area (Å²) in [6.45, 7) is 3.42. The zero-order chi connectivity index (χ0) is 14.8. The highest BCUT2D eigenvalue weighted by atomic mass is 35.5. The van der Waals surface area contributed by atoms with Gasteiger partial charge in [0.2, 0.25) is 0 Å². The Kier molecular flexibility index (Phi) is 3.88. The van der Waals surface area contributed by atoms with Gasteiger partial charge in [0.05, 0.1) is 0 Å². The molecule has 0 atom stereocenters. The number of halogens is 1. The molecule has 2 heterocycles. The Balaban J connectivity index is 1.92. The van der Waals surface area contributed by atoms with Crippen LogP contribution in [0, 0.1) is 6.92 Å². The summed E-state index contributed by atoms with van der Waals surface area (Å²) in [5.74, 6) is 1.91. The lowest BCUT2D eigenvalue weighted by molar-refractivity contribution is -0.119. The first kappa shape index (κ1) is 14.0. The van der Waals surface area contributed by atoms with Crippen molar-refractivity contribution in [1.29, 1.82) is 0 Å². The summed E-state index contributed by atoms with van der Waals surface area (Å²) in [5.41, 5.74) is 1.86. The number of anilines is 1. The van der Waals surface area contributed by atoms with Gasteiger partial charge in [0, 0.05) is 48.3 Å². The summed E-state index contributed by atoms with van der Waals surface area (Å²) in [7, 11) is 0. The second kappa shape index (κ2) is 5.82. The number of aromatic nitrogens is 2. The SMILES string of the molecule is Cc1cc(N2CCC(=O)CC2)nc(-c2ccc(Cl)cc2)n1. The summed E-state index contributed by atoms with van der Waals surface area (Å²) >= 11 is 5.92. The van der Waals surface area contributed by atoms with E-state index in [1.54, 1.807) is 0 Å². The van der Waals surface area contributed by atoms with Crippen molar-refractivity contribution < 1.29 is 4.79 Å². The second-order valence-corrected chi connectivity index (χ2v) is 5.66. The molecular weight excluding hydrogens is 286 g/mol. The minimum absolute atomic E-state index is 0.329. The first-order chi connectivity index (χ1) is 10.1. The van der Waals surface area contributed by atoms with Crippen molar-refractivity contribution >= 4 is 23.2 Å². The number of piperidine rings is 1. The van der Waals surface area contributed by atoms with Gasteiger partial charge in [-0.2, -0.15) is 0 Å². The van der Waals surface area contributed by atoms with E-state index in [1.165, 1.54) is 0 Å². The van der Waals surface area contributed by atoms with E-state index in [9.17, 15) is 4.79 Å². The largest absolute Gasteiger partial charge is 0.356 e. The molecule has 108 valence electrons. The first-order valence-electron chi connectivity index (χ1n) is 7.00. The Morgan fingerprint density at radius 1 is 1.10 bits per heavy atom. The molecule has 4 nitrogen and oxygen atoms in total. The molecular formula is C16H16ClN3O. The van der Waals surface area contributed by atoms with Crippen LogP contribution in [0.2, 0.25) is 5.02 Å². The van der Waals surface area contributed by atoms with Gasteiger partial charge in [0.1, 0.15) is 11.6 Å². The van der Waals surface area contributed by atoms with Crippen LogP contribution < -0.4 is 4.90 Å². The highest BCUT2D eigenvalue weighted by Gasteiger charge is 2.18. The molecule has 1 fully saturated rings. The molecule has 1 saturated heterocycles. The van der Waals surface area contributed by atoms with E-state index in [0.717, 1.165) is 30.2 Å². The third-order valence-corrected chi connectivity index (χ3v) is 3.84. The summed E-state index contributed by atoms with van der Waals surface area (Å²) in [6.07, 6.45) is 1.19. The van der Waals surface area contributed by atoms with E-state index < -0.39 is 0 Å². The number of ketones is 1. The molecule has 1 aliphatic rings. The molecule has 5 heteroatoms. The molecule has 0 N–H and O–H groups in total. The molecule has 1 aromatic carbocycles. The van der Waals surface area contributed by atoms with Gasteiger partial charge in [-0.05, 0) is 31.2 Å². The Bertz CT molecular complexity index is 660. The van der Waals surface area contributed by atoms with Crippen molar-refractivity contribution in [2.45, 2.75) is 19.8 Å². The molecule has 0 saturated carbocycles. The maximum Gasteiger partial charge on any atom is 0.161 e. The standard InChI is InChI=1S/C16H16ClN3O/c1-11-10-15(20-8-6-14(21)7-9-20)19-16(18-11)12-2-4-13(17)5-3-12/h2-5,10H,6-9H2,1H3. The van der Waals surface area contributed by atoms with Crippen molar-refractivity contribution in [2.24, 2.45) is 0 Å². The van der Waals surface area contributed by atoms with Crippen molar-refractivity contribution in [3.05, 3.63) is 41.0 Å². The number of Topliss-reactive ketones (excluding diaryl/α,β-unsaturated/α-hetero) is 1. The zero-order valence-corrected chi connectivity index (χ0v) is 12.6. The number of rotatable bonds is 2. The van der Waals surface area contributed by atoms with Gasteiger partial charge in [-0.15, -0.1) is 0 Å². The molecule has 2 aromatic rings. The normalized spacial score (nSPS) is 15.3. The lowest BCUT2D eigenvalue weighted by atomic mass is 10.1. The van der Waals surface area contributed by atoms with Crippen LogP contribution in [0.4, 0.5) is 5.82 Å². The number of carbonyl (C=O) groups is 1. The predicted molar refractivity (Wildman–Crippen MR) is 83.7 cm³/mol. The highest BCUT2D eigenvalue weighted by molar-refractivity contribution is 6.30. The van der Waals surface area contributed by atoms with Crippen LogP contribution in [-0.2, 0) is 4.79 Å². The number of nitrogens with zero attached hydrogens (tertiary/aromatic N) is 3. The van der Waals surface area contributed by atoms with E-state index in [-0.39, 0.29) is 0 Å². The van der Waals surface area contributed by atoms with Crippen LogP contribution in [0.3, 0.4) is 0 Å². The van der Waals surface area contributed by atoms with Crippen LogP contribution in [0.15, 0.2) is 30.3 Å². The van der Waals surface area contributed by atoms with Gasteiger partial charge < -0.3 is 4.90 Å². The number of hydrogen-bond donors (Lipinski definition) is 0. The lowest BCUT2D eigenvalue weighted by Crippen LogP contribution is -2.34. The van der Waals surface area contributed by atoms with Crippen molar-refractivity contribution in [3.63, 3.8) is 0 Å². The Labute approximate surface area is 128 Å². The van der Waals surface area contributed by atoms with Gasteiger partial charge in [-0.25, -0.2) is 9.97 Å².